The maximum Gasteiger partial charge on any atom is 0.329 e. The van der Waals surface area contributed by atoms with Gasteiger partial charge in [-0.3, -0.25) is 9.59 Å². The zero-order valence-corrected chi connectivity index (χ0v) is 16.4. The van der Waals surface area contributed by atoms with Crippen molar-refractivity contribution in [2.45, 2.75) is 63.0 Å². The van der Waals surface area contributed by atoms with Crippen molar-refractivity contribution in [1.82, 2.24) is 5.32 Å². The van der Waals surface area contributed by atoms with Crippen LogP contribution in [0.2, 0.25) is 0 Å². The summed E-state index contributed by atoms with van der Waals surface area (Å²) in [4.78, 5) is 37.3. The smallest absolute Gasteiger partial charge is 0.329 e. The summed E-state index contributed by atoms with van der Waals surface area (Å²) < 4.78 is 5.36. The lowest BCUT2D eigenvalue weighted by molar-refractivity contribution is -0.158. The van der Waals surface area contributed by atoms with Gasteiger partial charge in [0.1, 0.15) is 11.6 Å². The van der Waals surface area contributed by atoms with Gasteiger partial charge in [0.15, 0.2) is 5.12 Å². The van der Waals surface area contributed by atoms with Gasteiger partial charge in [-0.2, -0.15) is 0 Å². The fraction of sp³-hybridized carbons (Fsp3) is 0.450. The first kappa shape index (κ1) is 22.0. The number of hydrogen-bond donors (Lipinski definition) is 1. The molecule has 5 nitrogen and oxygen atoms in total. The molecule has 0 saturated carbocycles. The Balaban J connectivity index is 2.65. The van der Waals surface area contributed by atoms with E-state index in [1.807, 2.05) is 30.3 Å². The van der Waals surface area contributed by atoms with Crippen LogP contribution < -0.4 is 5.32 Å². The number of amides is 1. The van der Waals surface area contributed by atoms with Crippen LogP contribution in [0.3, 0.4) is 0 Å². The first-order chi connectivity index (χ1) is 12.2. The highest BCUT2D eigenvalue weighted by Gasteiger charge is 2.27. The highest BCUT2D eigenvalue weighted by Crippen LogP contribution is 2.21. The summed E-state index contributed by atoms with van der Waals surface area (Å²) in [6, 6.07) is 8.46. The molecule has 0 spiro atoms. The number of carbonyl (C=O) groups excluding carboxylic acids is 3. The number of rotatable bonds is 9. The third-order valence-electron chi connectivity index (χ3n) is 3.21. The van der Waals surface area contributed by atoms with Crippen molar-refractivity contribution in [2.24, 2.45) is 0 Å². The molecule has 0 aliphatic heterocycles. The Morgan fingerprint density at radius 1 is 1.19 bits per heavy atom. The Morgan fingerprint density at radius 2 is 1.85 bits per heavy atom. The molecular formula is C20H27NO4S. The van der Waals surface area contributed by atoms with Gasteiger partial charge >= 0.3 is 5.97 Å². The Labute approximate surface area is 159 Å². The lowest BCUT2D eigenvalue weighted by atomic mass is 10.1. The van der Waals surface area contributed by atoms with Crippen LogP contribution in [0.25, 0.3) is 0 Å². The predicted octanol–water partition coefficient (Wildman–Crippen LogP) is 3.88. The minimum absolute atomic E-state index is 0.0647. The number of nitrogens with one attached hydrogen (secondary N) is 1. The minimum Gasteiger partial charge on any atom is -0.458 e. The van der Waals surface area contributed by atoms with E-state index < -0.39 is 17.6 Å². The van der Waals surface area contributed by atoms with Crippen LogP contribution in [0.15, 0.2) is 47.9 Å². The summed E-state index contributed by atoms with van der Waals surface area (Å²) in [5.74, 6) is -0.786. The van der Waals surface area contributed by atoms with E-state index >= 15 is 0 Å². The lowest BCUT2D eigenvalue weighted by Crippen LogP contribution is -2.44. The van der Waals surface area contributed by atoms with Gasteiger partial charge in [0, 0.05) is 17.7 Å². The summed E-state index contributed by atoms with van der Waals surface area (Å²) in [6.45, 7) is 8.86. The number of allylic oxidation sites excluding steroid dienone is 1. The molecule has 1 rings (SSSR count). The molecule has 0 radical (unpaired) electrons. The maximum atomic E-state index is 12.4. The molecule has 0 unspecified atom stereocenters. The fourth-order valence-electron chi connectivity index (χ4n) is 2.05. The van der Waals surface area contributed by atoms with Gasteiger partial charge in [-0.15, -0.1) is 6.58 Å². The SMILES string of the molecule is C=CCCC(=O)N[C@@H](CCC(=O)Sc1ccccc1)C(=O)OC(C)(C)C. The van der Waals surface area contributed by atoms with Gasteiger partial charge in [-0.05, 0) is 45.7 Å². The molecule has 1 aromatic rings. The normalized spacial score (nSPS) is 12.1. The number of carbonyl (C=O) groups is 3. The number of hydrogen-bond acceptors (Lipinski definition) is 5. The number of thioether (sulfide) groups is 1. The molecule has 0 aliphatic carbocycles. The second-order valence-electron chi connectivity index (χ2n) is 6.81. The molecule has 0 fully saturated rings. The molecule has 6 heteroatoms. The van der Waals surface area contributed by atoms with Gasteiger partial charge in [0.25, 0.3) is 0 Å². The predicted molar refractivity (Wildman–Crippen MR) is 104 cm³/mol. The van der Waals surface area contributed by atoms with Crippen molar-refractivity contribution in [3.63, 3.8) is 0 Å². The Bertz CT molecular complexity index is 622. The topological polar surface area (TPSA) is 72.5 Å². The number of ether oxygens (including phenoxy) is 1. The van der Waals surface area contributed by atoms with E-state index in [-0.39, 0.29) is 30.3 Å². The molecule has 142 valence electrons. The van der Waals surface area contributed by atoms with E-state index in [0.29, 0.717) is 6.42 Å². The van der Waals surface area contributed by atoms with Crippen molar-refractivity contribution >= 4 is 28.8 Å². The van der Waals surface area contributed by atoms with Gasteiger partial charge in [-0.1, -0.05) is 36.0 Å². The molecule has 1 atom stereocenters. The summed E-state index contributed by atoms with van der Waals surface area (Å²) in [5.41, 5.74) is -0.663. The van der Waals surface area contributed by atoms with Crippen molar-refractivity contribution in [1.29, 1.82) is 0 Å². The molecule has 0 heterocycles. The first-order valence-corrected chi connectivity index (χ1v) is 9.42. The average molecular weight is 378 g/mol. The van der Waals surface area contributed by atoms with Gasteiger partial charge < -0.3 is 10.1 Å². The van der Waals surface area contributed by atoms with Gasteiger partial charge in [0.05, 0.1) is 0 Å². The molecular weight excluding hydrogens is 350 g/mol. The van der Waals surface area contributed by atoms with Crippen LogP contribution in [0, 0.1) is 0 Å². The van der Waals surface area contributed by atoms with Crippen LogP contribution >= 0.6 is 11.8 Å². The van der Waals surface area contributed by atoms with Crippen molar-refractivity contribution in [3.05, 3.63) is 43.0 Å². The third-order valence-corrected chi connectivity index (χ3v) is 4.15. The largest absolute Gasteiger partial charge is 0.458 e. The average Bonchev–Trinajstić information content (AvgIpc) is 2.56. The Morgan fingerprint density at radius 3 is 2.42 bits per heavy atom. The molecule has 1 aromatic carbocycles. The van der Waals surface area contributed by atoms with Crippen LogP contribution in [0.1, 0.15) is 46.5 Å². The van der Waals surface area contributed by atoms with Crippen LogP contribution in [-0.4, -0.2) is 28.6 Å². The molecule has 1 amide bonds. The van der Waals surface area contributed by atoms with E-state index in [1.165, 1.54) is 0 Å². The third kappa shape index (κ3) is 9.42. The maximum absolute atomic E-state index is 12.4. The standard InChI is InChI=1S/C20H27NO4S/c1-5-6-12-17(22)21-16(19(24)25-20(2,3)4)13-14-18(23)26-15-10-8-7-9-11-15/h5,7-11,16H,1,6,12-14H2,2-4H3,(H,21,22)/t16-/m0/s1. The lowest BCUT2D eigenvalue weighted by Gasteiger charge is -2.24. The van der Waals surface area contributed by atoms with Crippen LogP contribution in [-0.2, 0) is 19.1 Å². The highest BCUT2D eigenvalue weighted by atomic mass is 32.2. The summed E-state index contributed by atoms with van der Waals surface area (Å²) in [6.07, 6.45) is 2.77. The second-order valence-corrected chi connectivity index (χ2v) is 7.94. The summed E-state index contributed by atoms with van der Waals surface area (Å²) in [5, 5.41) is 2.61. The molecule has 1 N–H and O–H groups in total. The van der Waals surface area contributed by atoms with E-state index in [0.717, 1.165) is 16.7 Å². The molecule has 0 aromatic heterocycles. The summed E-state index contributed by atoms with van der Waals surface area (Å²) >= 11 is 1.13. The monoisotopic (exact) mass is 377 g/mol. The number of benzene rings is 1. The zero-order chi connectivity index (χ0) is 19.6. The minimum atomic E-state index is -0.841. The van der Waals surface area contributed by atoms with Gasteiger partial charge in [-0.25, -0.2) is 4.79 Å². The van der Waals surface area contributed by atoms with Crippen LogP contribution in [0.4, 0.5) is 0 Å². The molecule has 0 saturated heterocycles. The van der Waals surface area contributed by atoms with E-state index in [2.05, 4.69) is 11.9 Å². The van der Waals surface area contributed by atoms with Crippen molar-refractivity contribution in [3.8, 4) is 0 Å². The first-order valence-electron chi connectivity index (χ1n) is 8.60. The Hall–Kier alpha value is -2.08. The fourth-order valence-corrected chi connectivity index (χ4v) is 2.83. The summed E-state index contributed by atoms with van der Waals surface area (Å²) in [7, 11) is 0. The highest BCUT2D eigenvalue weighted by molar-refractivity contribution is 8.13. The van der Waals surface area contributed by atoms with Crippen LogP contribution in [0.5, 0.6) is 0 Å². The van der Waals surface area contributed by atoms with Crippen molar-refractivity contribution in [2.75, 3.05) is 0 Å². The molecule has 0 aliphatic rings. The van der Waals surface area contributed by atoms with E-state index in [4.69, 9.17) is 4.74 Å². The Kier molecular flexibility index (Phi) is 9.13. The second kappa shape index (κ2) is 10.8. The van der Waals surface area contributed by atoms with Crippen molar-refractivity contribution < 1.29 is 19.1 Å². The molecule has 0 bridgehead atoms. The quantitative estimate of drug-likeness (QED) is 0.402. The van der Waals surface area contributed by atoms with Gasteiger partial charge in [0.2, 0.25) is 5.91 Å². The van der Waals surface area contributed by atoms with E-state index in [1.54, 1.807) is 26.8 Å². The number of esters is 1. The zero-order valence-electron chi connectivity index (χ0n) is 15.6. The van der Waals surface area contributed by atoms with E-state index in [9.17, 15) is 14.4 Å². The molecule has 26 heavy (non-hydrogen) atoms.